The van der Waals surface area contributed by atoms with Crippen molar-refractivity contribution in [1.29, 1.82) is 0 Å². The van der Waals surface area contributed by atoms with Gasteiger partial charge in [-0.15, -0.1) is 0 Å². The van der Waals surface area contributed by atoms with Gasteiger partial charge in [-0.2, -0.15) is 0 Å². The third kappa shape index (κ3) is 5.55. The SMILES string of the molecule is CN(C)C(=O)c1cc2cc(c1)C(=O)N[C@H]([C@H]1CO1)Cc1cccc(c1)OCCCCO2. The first-order valence-electron chi connectivity index (χ1n) is 10.6. The van der Waals surface area contributed by atoms with Crippen LogP contribution in [0.3, 0.4) is 0 Å². The van der Waals surface area contributed by atoms with Crippen LogP contribution >= 0.6 is 0 Å². The van der Waals surface area contributed by atoms with Gasteiger partial charge in [0.05, 0.1) is 25.9 Å². The lowest BCUT2D eigenvalue weighted by atomic mass is 10.0. The number of ether oxygens (including phenoxy) is 3. The fourth-order valence-corrected chi connectivity index (χ4v) is 3.61. The summed E-state index contributed by atoms with van der Waals surface area (Å²) < 4.78 is 17.2. The molecule has 1 N–H and O–H groups in total. The fourth-order valence-electron chi connectivity index (χ4n) is 3.61. The second kappa shape index (κ2) is 9.39. The van der Waals surface area contributed by atoms with Gasteiger partial charge in [-0.05, 0) is 55.2 Å². The quantitative estimate of drug-likeness (QED) is 0.750. The minimum atomic E-state index is -0.252. The average molecular weight is 424 g/mol. The molecule has 2 aliphatic heterocycles. The van der Waals surface area contributed by atoms with E-state index in [1.54, 1.807) is 32.3 Å². The van der Waals surface area contributed by atoms with E-state index in [4.69, 9.17) is 14.2 Å². The molecule has 0 aliphatic carbocycles. The first-order valence-corrected chi connectivity index (χ1v) is 10.6. The fraction of sp³-hybridized carbons (Fsp3) is 0.417. The maximum atomic E-state index is 13.1. The van der Waals surface area contributed by atoms with Crippen LogP contribution in [0.4, 0.5) is 0 Å². The first-order chi connectivity index (χ1) is 15.0. The second-order valence-corrected chi connectivity index (χ2v) is 8.15. The molecule has 0 spiro atoms. The third-order valence-corrected chi connectivity index (χ3v) is 5.38. The van der Waals surface area contributed by atoms with E-state index < -0.39 is 0 Å². The van der Waals surface area contributed by atoms with E-state index in [1.165, 1.54) is 4.90 Å². The molecule has 4 rings (SSSR count). The lowest BCUT2D eigenvalue weighted by Crippen LogP contribution is -2.40. The summed E-state index contributed by atoms with van der Waals surface area (Å²) in [4.78, 5) is 27.1. The van der Waals surface area contributed by atoms with E-state index in [0.717, 1.165) is 24.2 Å². The molecule has 2 heterocycles. The lowest BCUT2D eigenvalue weighted by molar-refractivity contribution is 0.0827. The van der Waals surface area contributed by atoms with E-state index in [2.05, 4.69) is 5.32 Å². The monoisotopic (exact) mass is 424 g/mol. The largest absolute Gasteiger partial charge is 0.494 e. The molecule has 0 aromatic heterocycles. The Labute approximate surface area is 182 Å². The Bertz CT molecular complexity index is 955. The summed E-state index contributed by atoms with van der Waals surface area (Å²) in [6.45, 7) is 1.69. The van der Waals surface area contributed by atoms with Crippen molar-refractivity contribution >= 4 is 11.8 Å². The molecule has 4 bridgehead atoms. The summed E-state index contributed by atoms with van der Waals surface area (Å²) in [5, 5.41) is 3.09. The third-order valence-electron chi connectivity index (χ3n) is 5.38. The van der Waals surface area contributed by atoms with Crippen LogP contribution in [0.15, 0.2) is 42.5 Å². The molecule has 0 unspecified atom stereocenters. The zero-order valence-corrected chi connectivity index (χ0v) is 17.9. The van der Waals surface area contributed by atoms with Gasteiger partial charge in [0.1, 0.15) is 17.6 Å². The summed E-state index contributed by atoms with van der Waals surface area (Å²) in [5.41, 5.74) is 1.90. The van der Waals surface area contributed by atoms with E-state index in [1.807, 2.05) is 24.3 Å². The maximum Gasteiger partial charge on any atom is 0.253 e. The Kier molecular flexibility index (Phi) is 6.42. The molecule has 0 saturated carbocycles. The van der Waals surface area contributed by atoms with Crippen LogP contribution in [0.5, 0.6) is 11.5 Å². The summed E-state index contributed by atoms with van der Waals surface area (Å²) in [5.74, 6) is 0.902. The smallest absolute Gasteiger partial charge is 0.253 e. The molecular weight excluding hydrogens is 396 g/mol. The van der Waals surface area contributed by atoms with E-state index in [9.17, 15) is 9.59 Å². The highest BCUT2D eigenvalue weighted by molar-refractivity contribution is 6.00. The molecule has 1 saturated heterocycles. The van der Waals surface area contributed by atoms with Gasteiger partial charge in [-0.3, -0.25) is 9.59 Å². The van der Waals surface area contributed by atoms with Crippen molar-refractivity contribution in [3.63, 3.8) is 0 Å². The van der Waals surface area contributed by atoms with Crippen molar-refractivity contribution in [1.82, 2.24) is 10.2 Å². The van der Waals surface area contributed by atoms with Crippen molar-refractivity contribution in [3.8, 4) is 11.5 Å². The number of fused-ring (bicyclic) bond motifs is 4. The topological polar surface area (TPSA) is 80.4 Å². The highest BCUT2D eigenvalue weighted by Crippen LogP contribution is 2.23. The molecule has 164 valence electrons. The van der Waals surface area contributed by atoms with Gasteiger partial charge in [0, 0.05) is 25.2 Å². The average Bonchev–Trinajstić information content (AvgIpc) is 3.60. The number of benzene rings is 2. The number of hydrogen-bond donors (Lipinski definition) is 1. The van der Waals surface area contributed by atoms with Crippen molar-refractivity contribution in [2.24, 2.45) is 0 Å². The van der Waals surface area contributed by atoms with Gasteiger partial charge in [0.2, 0.25) is 0 Å². The Morgan fingerprint density at radius 3 is 2.48 bits per heavy atom. The van der Waals surface area contributed by atoms with Crippen LogP contribution in [-0.4, -0.2) is 62.8 Å². The first kappa shape index (κ1) is 21.2. The molecule has 2 aliphatic rings. The summed E-state index contributed by atoms with van der Waals surface area (Å²) in [7, 11) is 3.37. The van der Waals surface area contributed by atoms with Crippen LogP contribution in [0.2, 0.25) is 0 Å². The lowest BCUT2D eigenvalue weighted by Gasteiger charge is -2.19. The number of epoxide rings is 1. The zero-order chi connectivity index (χ0) is 21.8. The van der Waals surface area contributed by atoms with Gasteiger partial charge in [-0.25, -0.2) is 0 Å². The number of carbonyl (C=O) groups is 2. The highest BCUT2D eigenvalue weighted by Gasteiger charge is 2.34. The molecule has 7 heteroatoms. The van der Waals surface area contributed by atoms with Gasteiger partial charge in [0.15, 0.2) is 0 Å². The Hall–Kier alpha value is -3.06. The number of nitrogens with zero attached hydrogens (tertiary/aromatic N) is 1. The number of rotatable bonds is 2. The van der Waals surface area contributed by atoms with Crippen LogP contribution in [0, 0.1) is 0 Å². The van der Waals surface area contributed by atoms with Crippen LogP contribution < -0.4 is 14.8 Å². The molecular formula is C24H28N2O5. The predicted molar refractivity (Wildman–Crippen MR) is 116 cm³/mol. The van der Waals surface area contributed by atoms with Gasteiger partial charge in [0.25, 0.3) is 11.8 Å². The minimum absolute atomic E-state index is 0.0188. The molecule has 2 aromatic rings. The van der Waals surface area contributed by atoms with E-state index in [0.29, 0.717) is 43.1 Å². The zero-order valence-electron chi connectivity index (χ0n) is 17.9. The Morgan fingerprint density at radius 2 is 1.77 bits per heavy atom. The van der Waals surface area contributed by atoms with Crippen molar-refractivity contribution < 1.29 is 23.8 Å². The predicted octanol–water partition coefficient (Wildman–Crippen LogP) is 2.68. The molecule has 1 fully saturated rings. The van der Waals surface area contributed by atoms with Gasteiger partial charge >= 0.3 is 0 Å². The van der Waals surface area contributed by atoms with E-state index in [-0.39, 0.29) is 24.0 Å². The van der Waals surface area contributed by atoms with Crippen molar-refractivity contribution in [2.45, 2.75) is 31.4 Å². The molecule has 2 atom stereocenters. The van der Waals surface area contributed by atoms with Crippen LogP contribution in [0.1, 0.15) is 39.1 Å². The number of hydrogen-bond acceptors (Lipinski definition) is 5. The molecule has 0 radical (unpaired) electrons. The minimum Gasteiger partial charge on any atom is -0.494 e. The number of carbonyl (C=O) groups excluding carboxylic acids is 2. The summed E-state index contributed by atoms with van der Waals surface area (Å²) in [6, 6.07) is 12.8. The van der Waals surface area contributed by atoms with Crippen molar-refractivity contribution in [3.05, 3.63) is 59.2 Å². The normalized spacial score (nSPS) is 21.3. The van der Waals surface area contributed by atoms with Crippen LogP contribution in [-0.2, 0) is 11.2 Å². The molecule has 7 nitrogen and oxygen atoms in total. The Balaban J connectivity index is 1.64. The van der Waals surface area contributed by atoms with Crippen LogP contribution in [0.25, 0.3) is 0 Å². The number of nitrogens with one attached hydrogen (secondary N) is 1. The number of amides is 2. The molecule has 2 amide bonds. The molecule has 31 heavy (non-hydrogen) atoms. The second-order valence-electron chi connectivity index (χ2n) is 8.15. The van der Waals surface area contributed by atoms with E-state index >= 15 is 0 Å². The maximum absolute atomic E-state index is 13.1. The van der Waals surface area contributed by atoms with Crippen molar-refractivity contribution in [2.75, 3.05) is 33.9 Å². The van der Waals surface area contributed by atoms with Gasteiger partial charge < -0.3 is 24.4 Å². The molecule has 2 aromatic carbocycles. The Morgan fingerprint density at radius 1 is 1.03 bits per heavy atom. The summed E-state index contributed by atoms with van der Waals surface area (Å²) in [6.07, 6.45) is 2.25. The highest BCUT2D eigenvalue weighted by atomic mass is 16.6. The van der Waals surface area contributed by atoms with Gasteiger partial charge in [-0.1, -0.05) is 12.1 Å². The summed E-state index contributed by atoms with van der Waals surface area (Å²) >= 11 is 0. The standard InChI is InChI=1S/C24H28N2O5/c1-26(2)24(28)18-12-17-13-20(14-18)30-9-4-3-8-29-19-7-5-6-16(10-19)11-21(22-15-31-22)25-23(17)27/h5-7,10,12-14,21-22H,3-4,8-9,11,15H2,1-2H3,(H,25,27)/t21-,22+/m0/s1.